The van der Waals surface area contributed by atoms with Gasteiger partial charge in [-0.25, -0.2) is 12.8 Å². The van der Waals surface area contributed by atoms with Gasteiger partial charge >= 0.3 is 0 Å². The molecule has 20 heavy (non-hydrogen) atoms. The maximum absolute atomic E-state index is 13.7. The molecule has 1 saturated heterocycles. The average molecular weight is 341 g/mol. The molecular weight excluding hydrogens is 326 g/mol. The molecule has 0 aliphatic carbocycles. The molecule has 1 aliphatic rings. The van der Waals surface area contributed by atoms with Crippen molar-refractivity contribution >= 4 is 33.2 Å². The van der Waals surface area contributed by atoms with Crippen molar-refractivity contribution in [2.24, 2.45) is 0 Å². The van der Waals surface area contributed by atoms with E-state index in [1.165, 1.54) is 23.5 Å². The van der Waals surface area contributed by atoms with Crippen molar-refractivity contribution in [1.82, 2.24) is 9.62 Å². The molecule has 0 spiro atoms. The fraction of sp³-hybridized carbons (Fsp3) is 0.500. The van der Waals surface area contributed by atoms with Gasteiger partial charge in [-0.15, -0.1) is 0 Å². The summed E-state index contributed by atoms with van der Waals surface area (Å²) in [6, 6.07) is 2.27. The normalized spacial score (nSPS) is 20.4. The molecule has 1 heterocycles. The molecule has 0 radical (unpaired) electrons. The Labute approximate surface area is 127 Å². The predicted octanol–water partition coefficient (Wildman–Crippen LogP) is 2.51. The van der Waals surface area contributed by atoms with Gasteiger partial charge in [0.2, 0.25) is 10.0 Å². The summed E-state index contributed by atoms with van der Waals surface area (Å²) in [7, 11) is -2.36. The Balaban J connectivity index is 2.37. The van der Waals surface area contributed by atoms with E-state index in [1.807, 2.05) is 0 Å². The molecule has 4 nitrogen and oxygen atoms in total. The monoisotopic (exact) mass is 340 g/mol. The Morgan fingerprint density at radius 1 is 1.40 bits per heavy atom. The van der Waals surface area contributed by atoms with Crippen LogP contribution in [0.1, 0.15) is 12.8 Å². The van der Waals surface area contributed by atoms with Gasteiger partial charge in [-0.1, -0.05) is 23.2 Å². The number of nitrogens with one attached hydrogen (secondary N) is 1. The zero-order valence-corrected chi connectivity index (χ0v) is 13.2. The number of hydrogen-bond acceptors (Lipinski definition) is 3. The highest BCUT2D eigenvalue weighted by Gasteiger charge is 2.31. The van der Waals surface area contributed by atoms with Gasteiger partial charge in [0.1, 0.15) is 4.90 Å². The SMILES string of the molecule is CN(C1CCCNC1)S(=O)(=O)c1ccc(Cl)c(F)c1Cl. The first kappa shape index (κ1) is 16.0. The van der Waals surface area contributed by atoms with Crippen LogP contribution in [0.3, 0.4) is 0 Å². The lowest BCUT2D eigenvalue weighted by Crippen LogP contribution is -2.46. The number of benzene rings is 1. The van der Waals surface area contributed by atoms with Crippen LogP contribution in [0.15, 0.2) is 17.0 Å². The molecule has 1 aromatic carbocycles. The maximum atomic E-state index is 13.7. The molecule has 8 heteroatoms. The molecule has 112 valence electrons. The lowest BCUT2D eigenvalue weighted by Gasteiger charge is -2.31. The molecule has 1 aromatic rings. The standard InChI is InChI=1S/C12H15Cl2FN2O2S/c1-17(8-3-2-6-16-7-8)20(18,19)10-5-4-9(13)12(15)11(10)14/h4-5,8,16H,2-3,6-7H2,1H3. The molecule has 1 aliphatic heterocycles. The molecule has 0 amide bonds. The van der Waals surface area contributed by atoms with Crippen molar-refractivity contribution < 1.29 is 12.8 Å². The lowest BCUT2D eigenvalue weighted by atomic mass is 10.1. The highest BCUT2D eigenvalue weighted by Crippen LogP contribution is 2.31. The van der Waals surface area contributed by atoms with Crippen LogP contribution in [0, 0.1) is 5.82 Å². The Morgan fingerprint density at radius 3 is 2.70 bits per heavy atom. The van der Waals surface area contributed by atoms with E-state index in [0.29, 0.717) is 6.54 Å². The second-order valence-corrected chi connectivity index (χ2v) is 7.45. The lowest BCUT2D eigenvalue weighted by molar-refractivity contribution is 0.300. The summed E-state index contributed by atoms with van der Waals surface area (Å²) in [5.41, 5.74) is 0. The molecule has 0 bridgehead atoms. The quantitative estimate of drug-likeness (QED) is 0.860. The summed E-state index contributed by atoms with van der Waals surface area (Å²) >= 11 is 11.4. The topological polar surface area (TPSA) is 49.4 Å². The number of hydrogen-bond donors (Lipinski definition) is 1. The first-order chi connectivity index (χ1) is 9.35. The largest absolute Gasteiger partial charge is 0.315 e. The van der Waals surface area contributed by atoms with Crippen molar-refractivity contribution in [3.05, 3.63) is 28.0 Å². The van der Waals surface area contributed by atoms with Gasteiger partial charge in [-0.05, 0) is 31.5 Å². The van der Waals surface area contributed by atoms with Gasteiger partial charge < -0.3 is 5.32 Å². The first-order valence-electron chi connectivity index (χ1n) is 6.18. The number of rotatable bonds is 3. The second kappa shape index (κ2) is 6.15. The van der Waals surface area contributed by atoms with Gasteiger partial charge in [0.05, 0.1) is 10.0 Å². The van der Waals surface area contributed by atoms with Crippen LogP contribution < -0.4 is 5.32 Å². The van der Waals surface area contributed by atoms with Gasteiger partial charge in [0, 0.05) is 19.6 Å². The third-order valence-electron chi connectivity index (χ3n) is 3.44. The Bertz CT molecular complexity index is 604. The van der Waals surface area contributed by atoms with E-state index >= 15 is 0 Å². The summed E-state index contributed by atoms with van der Waals surface area (Å²) in [6.07, 6.45) is 1.66. The highest BCUT2D eigenvalue weighted by molar-refractivity contribution is 7.89. The van der Waals surface area contributed by atoms with Crippen LogP contribution in [-0.2, 0) is 10.0 Å². The molecule has 2 rings (SSSR count). The van der Waals surface area contributed by atoms with E-state index in [-0.39, 0.29) is 16.0 Å². The molecule has 1 fully saturated rings. The maximum Gasteiger partial charge on any atom is 0.244 e. The summed E-state index contributed by atoms with van der Waals surface area (Å²) in [6.45, 7) is 1.45. The smallest absolute Gasteiger partial charge is 0.244 e. The highest BCUT2D eigenvalue weighted by atomic mass is 35.5. The Kier molecular flexibility index (Phi) is 4.92. The molecule has 1 atom stereocenters. The second-order valence-electron chi connectivity index (χ2n) is 4.69. The van der Waals surface area contributed by atoms with Crippen molar-refractivity contribution in [3.63, 3.8) is 0 Å². The van der Waals surface area contributed by atoms with Gasteiger partial charge in [0.15, 0.2) is 5.82 Å². The zero-order valence-electron chi connectivity index (χ0n) is 10.9. The number of halogens is 3. The number of sulfonamides is 1. The minimum Gasteiger partial charge on any atom is -0.315 e. The minimum absolute atomic E-state index is 0.163. The number of piperidine rings is 1. The van der Waals surface area contributed by atoms with Crippen LogP contribution in [0.4, 0.5) is 4.39 Å². The van der Waals surface area contributed by atoms with Crippen LogP contribution in [0.2, 0.25) is 10.0 Å². The summed E-state index contributed by atoms with van der Waals surface area (Å²) in [5, 5.41) is 2.48. The van der Waals surface area contributed by atoms with E-state index in [0.717, 1.165) is 19.4 Å². The van der Waals surface area contributed by atoms with Crippen molar-refractivity contribution in [2.45, 2.75) is 23.8 Å². The van der Waals surface area contributed by atoms with Gasteiger partial charge in [-0.2, -0.15) is 4.31 Å². The predicted molar refractivity (Wildman–Crippen MR) is 77.3 cm³/mol. The van der Waals surface area contributed by atoms with Gasteiger partial charge in [0.25, 0.3) is 0 Å². The van der Waals surface area contributed by atoms with Crippen molar-refractivity contribution in [3.8, 4) is 0 Å². The van der Waals surface area contributed by atoms with Crippen LogP contribution in [0.25, 0.3) is 0 Å². The fourth-order valence-corrected chi connectivity index (χ4v) is 4.30. The van der Waals surface area contributed by atoms with Crippen LogP contribution in [0.5, 0.6) is 0 Å². The van der Waals surface area contributed by atoms with Crippen LogP contribution in [-0.4, -0.2) is 38.9 Å². The van der Waals surface area contributed by atoms with E-state index in [2.05, 4.69) is 5.32 Å². The summed E-state index contributed by atoms with van der Waals surface area (Å²) in [4.78, 5) is -0.255. The molecule has 0 aromatic heterocycles. The number of nitrogens with zero attached hydrogens (tertiary/aromatic N) is 1. The minimum atomic E-state index is -3.85. The third kappa shape index (κ3) is 2.94. The molecular formula is C12H15Cl2FN2O2S. The third-order valence-corrected chi connectivity index (χ3v) is 6.17. The van der Waals surface area contributed by atoms with E-state index < -0.39 is 20.9 Å². The zero-order chi connectivity index (χ0) is 14.9. The van der Waals surface area contributed by atoms with E-state index in [1.54, 1.807) is 0 Å². The number of likely N-dealkylation sites (N-methyl/N-ethyl adjacent to an activating group) is 1. The fourth-order valence-electron chi connectivity index (χ4n) is 2.20. The Morgan fingerprint density at radius 2 is 2.10 bits per heavy atom. The first-order valence-corrected chi connectivity index (χ1v) is 8.37. The van der Waals surface area contributed by atoms with E-state index in [4.69, 9.17) is 23.2 Å². The molecule has 1 unspecified atom stereocenters. The van der Waals surface area contributed by atoms with Crippen molar-refractivity contribution in [2.75, 3.05) is 20.1 Å². The Hall–Kier alpha value is -0.400. The summed E-state index contributed by atoms with van der Waals surface area (Å²) in [5.74, 6) is -0.912. The average Bonchev–Trinajstić information content (AvgIpc) is 2.44. The van der Waals surface area contributed by atoms with Gasteiger partial charge in [-0.3, -0.25) is 0 Å². The molecule has 0 saturated carbocycles. The van der Waals surface area contributed by atoms with Crippen LogP contribution >= 0.6 is 23.2 Å². The van der Waals surface area contributed by atoms with Crippen molar-refractivity contribution in [1.29, 1.82) is 0 Å². The van der Waals surface area contributed by atoms with E-state index in [9.17, 15) is 12.8 Å². The molecule has 1 N–H and O–H groups in total. The summed E-state index contributed by atoms with van der Waals surface area (Å²) < 4.78 is 40.0.